The molecule has 3 aromatic rings. The third-order valence-electron chi connectivity index (χ3n) is 4.94. The van der Waals surface area contributed by atoms with Crippen LogP contribution >= 0.6 is 27.5 Å². The molecular weight excluding hydrogens is 502 g/mol. The number of benzene rings is 2. The van der Waals surface area contributed by atoms with Gasteiger partial charge in [-0.2, -0.15) is 0 Å². The smallest absolute Gasteiger partial charge is 0.301 e. The quantitative estimate of drug-likeness (QED) is 0.172. The second kappa shape index (κ2) is 8.52. The van der Waals surface area contributed by atoms with Crippen LogP contribution in [0.4, 0.5) is 11.5 Å². The maximum atomic E-state index is 13.0. The van der Waals surface area contributed by atoms with Crippen molar-refractivity contribution in [2.75, 3.05) is 4.90 Å². The number of nitro benzene ring substituents is 1. The lowest BCUT2D eigenvalue weighted by Gasteiger charge is -2.24. The lowest BCUT2D eigenvalue weighted by Crippen LogP contribution is -2.30. The monoisotopic (exact) mass is 513 g/mol. The molecule has 32 heavy (non-hydrogen) atoms. The number of hydrogen-bond acceptors (Lipinski definition) is 6. The Morgan fingerprint density at radius 2 is 1.72 bits per heavy atom. The third-order valence-corrected chi connectivity index (χ3v) is 5.66. The molecule has 0 bridgehead atoms. The summed E-state index contributed by atoms with van der Waals surface area (Å²) >= 11 is 9.19. The zero-order chi connectivity index (χ0) is 23.0. The van der Waals surface area contributed by atoms with Crippen LogP contribution in [0.15, 0.2) is 76.9 Å². The highest BCUT2D eigenvalue weighted by Gasteiger charge is 2.47. The average molecular weight is 515 g/mol. The molecule has 1 amide bonds. The predicted molar refractivity (Wildman–Crippen MR) is 121 cm³/mol. The molecule has 4 rings (SSSR count). The van der Waals surface area contributed by atoms with E-state index in [9.17, 15) is 24.8 Å². The molecule has 8 nitrogen and oxygen atoms in total. The number of aliphatic hydroxyl groups is 1. The van der Waals surface area contributed by atoms with Gasteiger partial charge < -0.3 is 5.11 Å². The summed E-state index contributed by atoms with van der Waals surface area (Å²) in [5, 5.41) is 22.5. The number of anilines is 1. The van der Waals surface area contributed by atoms with Gasteiger partial charge in [-0.3, -0.25) is 24.6 Å². The Hall–Kier alpha value is -3.56. The number of rotatable bonds is 4. The van der Waals surface area contributed by atoms with Gasteiger partial charge >= 0.3 is 5.91 Å². The van der Waals surface area contributed by atoms with E-state index in [0.29, 0.717) is 20.6 Å². The van der Waals surface area contributed by atoms with Crippen LogP contribution in [0.3, 0.4) is 0 Å². The molecule has 0 radical (unpaired) electrons. The van der Waals surface area contributed by atoms with E-state index in [0.717, 1.165) is 4.90 Å². The highest BCUT2D eigenvalue weighted by molar-refractivity contribution is 9.10. The van der Waals surface area contributed by atoms with E-state index in [4.69, 9.17) is 11.6 Å². The maximum Gasteiger partial charge on any atom is 0.301 e. The van der Waals surface area contributed by atoms with Crippen LogP contribution in [0, 0.1) is 10.1 Å². The molecule has 160 valence electrons. The largest absolute Gasteiger partial charge is 0.507 e. The number of non-ortho nitro benzene ring substituents is 1. The minimum atomic E-state index is -1.04. The van der Waals surface area contributed by atoms with Crippen molar-refractivity contribution < 1.29 is 19.6 Å². The van der Waals surface area contributed by atoms with Gasteiger partial charge in [0.15, 0.2) is 0 Å². The highest BCUT2D eigenvalue weighted by Crippen LogP contribution is 2.42. The minimum absolute atomic E-state index is 0.148. The zero-order valence-electron chi connectivity index (χ0n) is 16.1. The van der Waals surface area contributed by atoms with E-state index in [2.05, 4.69) is 20.9 Å². The first-order valence-electron chi connectivity index (χ1n) is 9.21. The van der Waals surface area contributed by atoms with Crippen molar-refractivity contribution in [1.82, 2.24) is 4.98 Å². The van der Waals surface area contributed by atoms with Gasteiger partial charge in [0.05, 0.1) is 16.5 Å². The normalized spacial score (nSPS) is 17.6. The molecule has 1 unspecified atom stereocenters. The van der Waals surface area contributed by atoms with Gasteiger partial charge in [-0.15, -0.1) is 0 Å². The number of pyridine rings is 1. The number of Topliss-reactive ketones (excluding diaryl/α,β-unsaturated/α-hetero) is 1. The second-order valence-electron chi connectivity index (χ2n) is 6.86. The molecule has 0 saturated carbocycles. The van der Waals surface area contributed by atoms with Crippen LogP contribution < -0.4 is 4.90 Å². The van der Waals surface area contributed by atoms with Crippen molar-refractivity contribution in [2.24, 2.45) is 0 Å². The standard InChI is InChI=1S/C22H13BrClN3O5/c23-14-5-10-17(25-11-14)26-19(12-3-8-16(9-4-12)27(31)32)18(21(29)22(26)30)20(28)13-1-6-15(24)7-2-13/h1-11,19,28H/b20-18-. The molecule has 1 saturated heterocycles. The SMILES string of the molecule is O=C1C(=O)N(c2ccc(Br)cn2)C(c2ccc([N+](=O)[O-])cc2)/C1=C(/O)c1ccc(Cl)cc1. The molecule has 0 aliphatic carbocycles. The summed E-state index contributed by atoms with van der Waals surface area (Å²) in [6.45, 7) is 0. The molecule has 1 atom stereocenters. The summed E-state index contributed by atoms with van der Waals surface area (Å²) in [4.78, 5) is 41.9. The second-order valence-corrected chi connectivity index (χ2v) is 8.21. The van der Waals surface area contributed by atoms with E-state index >= 15 is 0 Å². The van der Waals surface area contributed by atoms with E-state index in [1.807, 2.05) is 0 Å². The van der Waals surface area contributed by atoms with E-state index in [-0.39, 0.29) is 22.8 Å². The van der Waals surface area contributed by atoms with Crippen molar-refractivity contribution in [3.8, 4) is 0 Å². The molecular formula is C22H13BrClN3O5. The van der Waals surface area contributed by atoms with Gasteiger partial charge in [-0.1, -0.05) is 11.6 Å². The first-order valence-corrected chi connectivity index (χ1v) is 10.4. The van der Waals surface area contributed by atoms with Crippen molar-refractivity contribution in [3.63, 3.8) is 0 Å². The number of halogens is 2. The zero-order valence-corrected chi connectivity index (χ0v) is 18.4. The lowest BCUT2D eigenvalue weighted by molar-refractivity contribution is -0.384. The number of hydrogen-bond donors (Lipinski definition) is 1. The Morgan fingerprint density at radius 3 is 2.28 bits per heavy atom. The fourth-order valence-electron chi connectivity index (χ4n) is 3.44. The molecule has 10 heteroatoms. The third kappa shape index (κ3) is 3.88. The number of aliphatic hydroxyl groups excluding tert-OH is 1. The Balaban J connectivity index is 1.92. The van der Waals surface area contributed by atoms with Gasteiger partial charge in [0.25, 0.3) is 11.5 Å². The van der Waals surface area contributed by atoms with Crippen LogP contribution in [-0.4, -0.2) is 26.7 Å². The number of ketones is 1. The Bertz CT molecular complexity index is 1260. The van der Waals surface area contributed by atoms with E-state index in [1.54, 1.807) is 24.3 Å². The van der Waals surface area contributed by atoms with Crippen molar-refractivity contribution in [3.05, 3.63) is 103 Å². The van der Waals surface area contributed by atoms with Gasteiger partial charge in [-0.05, 0) is 70.0 Å². The molecule has 1 fully saturated rings. The van der Waals surface area contributed by atoms with Crippen LogP contribution in [0.25, 0.3) is 5.76 Å². The van der Waals surface area contributed by atoms with Gasteiger partial charge in [0.2, 0.25) is 0 Å². The number of carbonyl (C=O) groups is 2. The van der Waals surface area contributed by atoms with E-state index in [1.165, 1.54) is 42.6 Å². The Kier molecular flexibility index (Phi) is 5.77. The van der Waals surface area contributed by atoms with Crippen LogP contribution in [-0.2, 0) is 9.59 Å². The maximum absolute atomic E-state index is 13.0. The summed E-state index contributed by atoms with van der Waals surface area (Å²) in [7, 11) is 0. The fraction of sp³-hybridized carbons (Fsp3) is 0.0455. The summed E-state index contributed by atoms with van der Waals surface area (Å²) in [6.07, 6.45) is 1.47. The molecule has 1 aliphatic heterocycles. The van der Waals surface area contributed by atoms with Gasteiger partial charge in [-0.25, -0.2) is 4.98 Å². The first kappa shape index (κ1) is 21.7. The number of nitro groups is 1. The molecule has 2 heterocycles. The molecule has 2 aromatic carbocycles. The Labute approximate surface area is 195 Å². The number of carbonyl (C=O) groups excluding carboxylic acids is 2. The molecule has 1 N–H and O–H groups in total. The van der Waals surface area contributed by atoms with Gasteiger partial charge in [0, 0.05) is 33.4 Å². The number of aromatic nitrogens is 1. The summed E-state index contributed by atoms with van der Waals surface area (Å²) in [6, 6.07) is 13.7. The minimum Gasteiger partial charge on any atom is -0.507 e. The molecule has 1 aromatic heterocycles. The topological polar surface area (TPSA) is 114 Å². The van der Waals surface area contributed by atoms with Gasteiger partial charge in [0.1, 0.15) is 11.6 Å². The van der Waals surface area contributed by atoms with Crippen molar-refractivity contribution >= 4 is 56.5 Å². The first-order chi connectivity index (χ1) is 15.3. The van der Waals surface area contributed by atoms with Crippen LogP contribution in [0.1, 0.15) is 17.2 Å². The highest BCUT2D eigenvalue weighted by atomic mass is 79.9. The molecule has 1 aliphatic rings. The van der Waals surface area contributed by atoms with Crippen LogP contribution in [0.2, 0.25) is 5.02 Å². The Morgan fingerprint density at radius 1 is 1.06 bits per heavy atom. The number of nitrogens with zero attached hydrogens (tertiary/aromatic N) is 3. The predicted octanol–water partition coefficient (Wildman–Crippen LogP) is 5.03. The fourth-order valence-corrected chi connectivity index (χ4v) is 3.80. The van der Waals surface area contributed by atoms with E-state index < -0.39 is 22.7 Å². The number of amides is 1. The van der Waals surface area contributed by atoms with Crippen molar-refractivity contribution in [2.45, 2.75) is 6.04 Å². The van der Waals surface area contributed by atoms with Crippen molar-refractivity contribution in [1.29, 1.82) is 0 Å². The average Bonchev–Trinajstić information content (AvgIpc) is 3.05. The summed E-state index contributed by atoms with van der Waals surface area (Å²) in [5.74, 6) is -1.97. The summed E-state index contributed by atoms with van der Waals surface area (Å²) in [5.41, 5.74) is 0.388. The summed E-state index contributed by atoms with van der Waals surface area (Å²) < 4.78 is 0.672. The molecule has 0 spiro atoms. The lowest BCUT2D eigenvalue weighted by atomic mass is 9.95. The van der Waals surface area contributed by atoms with Crippen LogP contribution in [0.5, 0.6) is 0 Å².